The maximum absolute atomic E-state index is 13.1. The van der Waals surface area contributed by atoms with Crippen molar-refractivity contribution in [3.05, 3.63) is 77.6 Å². The van der Waals surface area contributed by atoms with Crippen LogP contribution in [0.1, 0.15) is 42.6 Å². The van der Waals surface area contributed by atoms with Crippen LogP contribution in [0.4, 0.5) is 0 Å². The molecule has 1 saturated carbocycles. The molecule has 1 aliphatic carbocycles. The number of carbonyl (C=O) groups is 1. The molecule has 1 aliphatic rings. The van der Waals surface area contributed by atoms with Crippen LogP contribution in [0.2, 0.25) is 0 Å². The van der Waals surface area contributed by atoms with Crippen molar-refractivity contribution in [2.45, 2.75) is 50.4 Å². The first-order chi connectivity index (χ1) is 14.8. The van der Waals surface area contributed by atoms with Gasteiger partial charge in [0, 0.05) is 19.5 Å². The highest BCUT2D eigenvalue weighted by Gasteiger charge is 2.19. The Hall–Kier alpha value is -2.60. The van der Waals surface area contributed by atoms with Gasteiger partial charge in [0.15, 0.2) is 0 Å². The molecule has 2 aromatic carbocycles. The van der Waals surface area contributed by atoms with Gasteiger partial charge in [-0.25, -0.2) is 4.98 Å². The number of aromatic nitrogens is 3. The lowest BCUT2D eigenvalue weighted by molar-refractivity contribution is -0.129. The van der Waals surface area contributed by atoms with Gasteiger partial charge in [0.1, 0.15) is 5.82 Å². The average molecular weight is 421 g/mol. The SMILES string of the molecule is O=C(CSc1n[nH]c(CC2CCCC2)n1)N(Cc1ccccc1)Cc1ccccc1. The first-order valence-corrected chi connectivity index (χ1v) is 11.6. The fourth-order valence-electron chi connectivity index (χ4n) is 3.98. The van der Waals surface area contributed by atoms with Crippen molar-refractivity contribution in [1.82, 2.24) is 20.1 Å². The van der Waals surface area contributed by atoms with Crippen LogP contribution in [-0.2, 0) is 24.3 Å². The molecule has 0 aliphatic heterocycles. The topological polar surface area (TPSA) is 61.9 Å². The van der Waals surface area contributed by atoms with Crippen molar-refractivity contribution in [3.63, 3.8) is 0 Å². The number of aromatic amines is 1. The van der Waals surface area contributed by atoms with E-state index in [4.69, 9.17) is 0 Å². The standard InChI is InChI=1S/C24H28N4OS/c29-23(18-30-24-25-22(26-27-24)15-19-9-7-8-10-19)28(16-20-11-3-1-4-12-20)17-21-13-5-2-6-14-21/h1-6,11-14,19H,7-10,15-18H2,(H,25,26,27). The van der Waals surface area contributed by atoms with Crippen LogP contribution in [0.3, 0.4) is 0 Å². The number of H-pyrrole nitrogens is 1. The summed E-state index contributed by atoms with van der Waals surface area (Å²) in [5, 5.41) is 8.03. The number of amides is 1. The first kappa shape index (κ1) is 20.7. The largest absolute Gasteiger partial charge is 0.333 e. The third-order valence-electron chi connectivity index (χ3n) is 5.58. The summed E-state index contributed by atoms with van der Waals surface area (Å²) >= 11 is 1.41. The zero-order valence-electron chi connectivity index (χ0n) is 17.2. The third kappa shape index (κ3) is 5.95. The van der Waals surface area contributed by atoms with E-state index in [9.17, 15) is 4.79 Å². The van der Waals surface area contributed by atoms with Gasteiger partial charge in [-0.3, -0.25) is 9.89 Å². The summed E-state index contributed by atoms with van der Waals surface area (Å²) in [6.45, 7) is 1.19. The van der Waals surface area contributed by atoms with Crippen LogP contribution in [-0.4, -0.2) is 31.7 Å². The molecule has 156 valence electrons. The van der Waals surface area contributed by atoms with Gasteiger partial charge >= 0.3 is 0 Å². The molecule has 1 heterocycles. The van der Waals surface area contributed by atoms with Gasteiger partial charge in [-0.05, 0) is 17.0 Å². The van der Waals surface area contributed by atoms with E-state index < -0.39 is 0 Å². The van der Waals surface area contributed by atoms with Crippen molar-refractivity contribution in [2.24, 2.45) is 5.92 Å². The molecule has 0 unspecified atom stereocenters. The van der Waals surface area contributed by atoms with Gasteiger partial charge in [-0.1, -0.05) is 98.1 Å². The summed E-state index contributed by atoms with van der Waals surface area (Å²) < 4.78 is 0. The minimum Gasteiger partial charge on any atom is -0.333 e. The average Bonchev–Trinajstić information content (AvgIpc) is 3.45. The molecule has 5 nitrogen and oxygen atoms in total. The van der Waals surface area contributed by atoms with Gasteiger partial charge in [0.05, 0.1) is 5.75 Å². The molecule has 4 rings (SSSR count). The van der Waals surface area contributed by atoms with E-state index in [1.807, 2.05) is 41.3 Å². The van der Waals surface area contributed by atoms with Gasteiger partial charge in [0.2, 0.25) is 11.1 Å². The van der Waals surface area contributed by atoms with Gasteiger partial charge in [-0.15, -0.1) is 5.10 Å². The second kappa shape index (κ2) is 10.4. The van der Waals surface area contributed by atoms with E-state index in [0.29, 0.717) is 24.0 Å². The Labute approximate surface area is 182 Å². The maximum atomic E-state index is 13.1. The van der Waals surface area contributed by atoms with Gasteiger partial charge in [0.25, 0.3) is 0 Å². The lowest BCUT2D eigenvalue weighted by Crippen LogP contribution is -2.31. The molecule has 30 heavy (non-hydrogen) atoms. The van der Waals surface area contributed by atoms with Crippen molar-refractivity contribution in [3.8, 4) is 0 Å². The summed E-state index contributed by atoms with van der Waals surface area (Å²) in [4.78, 5) is 19.6. The van der Waals surface area contributed by atoms with Gasteiger partial charge in [-0.2, -0.15) is 0 Å². The highest BCUT2D eigenvalue weighted by molar-refractivity contribution is 7.99. The highest BCUT2D eigenvalue weighted by Crippen LogP contribution is 2.27. The predicted molar refractivity (Wildman–Crippen MR) is 120 cm³/mol. The van der Waals surface area contributed by atoms with E-state index >= 15 is 0 Å². The number of benzene rings is 2. The molecular formula is C24H28N4OS. The number of thioether (sulfide) groups is 1. The lowest BCUT2D eigenvalue weighted by Gasteiger charge is -2.23. The normalized spacial score (nSPS) is 14.1. The molecular weight excluding hydrogens is 392 g/mol. The Kier molecular flexibility index (Phi) is 7.19. The molecule has 0 atom stereocenters. The van der Waals surface area contributed by atoms with Crippen molar-refractivity contribution >= 4 is 17.7 Å². The summed E-state index contributed by atoms with van der Waals surface area (Å²) in [7, 11) is 0. The van der Waals surface area contributed by atoms with Crippen LogP contribution < -0.4 is 0 Å². The number of carbonyl (C=O) groups excluding carboxylic acids is 1. The fraction of sp³-hybridized carbons (Fsp3) is 0.375. The summed E-state index contributed by atoms with van der Waals surface area (Å²) in [6, 6.07) is 20.3. The van der Waals surface area contributed by atoms with Crippen LogP contribution in [0.15, 0.2) is 65.8 Å². The van der Waals surface area contributed by atoms with Gasteiger partial charge < -0.3 is 4.90 Å². The number of rotatable bonds is 9. The van der Waals surface area contributed by atoms with E-state index in [1.54, 1.807) is 0 Å². The highest BCUT2D eigenvalue weighted by atomic mass is 32.2. The van der Waals surface area contributed by atoms with E-state index in [-0.39, 0.29) is 5.91 Å². The first-order valence-electron chi connectivity index (χ1n) is 10.7. The molecule has 0 radical (unpaired) electrons. The van der Waals surface area contributed by atoms with E-state index in [0.717, 1.165) is 29.3 Å². The molecule has 3 aromatic rings. The Morgan fingerprint density at radius 3 is 2.17 bits per heavy atom. The van der Waals surface area contributed by atoms with Crippen molar-refractivity contribution in [2.75, 3.05) is 5.75 Å². The molecule has 0 spiro atoms. The van der Waals surface area contributed by atoms with E-state index in [1.165, 1.54) is 37.4 Å². The summed E-state index contributed by atoms with van der Waals surface area (Å²) in [6.07, 6.45) is 6.20. The zero-order chi connectivity index (χ0) is 20.6. The number of nitrogens with zero attached hydrogens (tertiary/aromatic N) is 3. The number of nitrogens with one attached hydrogen (secondary N) is 1. The minimum atomic E-state index is 0.0925. The minimum absolute atomic E-state index is 0.0925. The Morgan fingerprint density at radius 2 is 1.57 bits per heavy atom. The third-order valence-corrected chi connectivity index (χ3v) is 6.41. The quantitative estimate of drug-likeness (QED) is 0.502. The zero-order valence-corrected chi connectivity index (χ0v) is 18.0. The summed E-state index contributed by atoms with van der Waals surface area (Å²) in [5.41, 5.74) is 2.26. The molecule has 6 heteroatoms. The Morgan fingerprint density at radius 1 is 0.967 bits per heavy atom. The Balaban J connectivity index is 1.36. The van der Waals surface area contributed by atoms with Crippen LogP contribution in [0.5, 0.6) is 0 Å². The smallest absolute Gasteiger partial charge is 0.233 e. The molecule has 0 saturated heterocycles. The summed E-state index contributed by atoms with van der Waals surface area (Å²) in [5.74, 6) is 2.10. The molecule has 1 fully saturated rings. The molecule has 1 amide bonds. The molecule has 1 N–H and O–H groups in total. The number of hydrogen-bond acceptors (Lipinski definition) is 4. The molecule has 0 bridgehead atoms. The second-order valence-electron chi connectivity index (χ2n) is 7.93. The Bertz CT molecular complexity index is 881. The second-order valence-corrected chi connectivity index (χ2v) is 8.87. The predicted octanol–water partition coefficient (Wildman–Crippen LogP) is 4.86. The monoisotopic (exact) mass is 420 g/mol. The molecule has 1 aromatic heterocycles. The van der Waals surface area contributed by atoms with Crippen LogP contribution in [0.25, 0.3) is 0 Å². The maximum Gasteiger partial charge on any atom is 0.233 e. The number of hydrogen-bond donors (Lipinski definition) is 1. The van der Waals surface area contributed by atoms with Crippen molar-refractivity contribution in [1.29, 1.82) is 0 Å². The van der Waals surface area contributed by atoms with E-state index in [2.05, 4.69) is 39.4 Å². The fourth-order valence-corrected chi connectivity index (χ4v) is 4.70. The van der Waals surface area contributed by atoms with Crippen molar-refractivity contribution < 1.29 is 4.79 Å². The lowest BCUT2D eigenvalue weighted by atomic mass is 10.0. The van der Waals surface area contributed by atoms with Crippen LogP contribution >= 0.6 is 11.8 Å². The van der Waals surface area contributed by atoms with Crippen LogP contribution in [0, 0.1) is 5.92 Å².